The van der Waals surface area contributed by atoms with E-state index < -0.39 is 17.8 Å². The zero-order valence-electron chi connectivity index (χ0n) is 18.8. The maximum absolute atomic E-state index is 13.5. The minimum absolute atomic E-state index is 0.0184. The molecule has 0 saturated heterocycles. The van der Waals surface area contributed by atoms with E-state index in [1.807, 2.05) is 61.5 Å². The first kappa shape index (κ1) is 23.4. The van der Waals surface area contributed by atoms with Gasteiger partial charge in [0.15, 0.2) is 5.69 Å². The lowest BCUT2D eigenvalue weighted by atomic mass is 10.0. The van der Waals surface area contributed by atoms with Gasteiger partial charge in [-0.25, -0.2) is 15.1 Å². The molecule has 3 aromatic carbocycles. The number of benzene rings is 3. The van der Waals surface area contributed by atoms with Crippen molar-refractivity contribution in [3.05, 3.63) is 101 Å². The van der Waals surface area contributed by atoms with E-state index in [0.29, 0.717) is 5.56 Å². The second kappa shape index (κ2) is 9.38. The molecule has 0 saturated carbocycles. The van der Waals surface area contributed by atoms with Crippen molar-refractivity contribution in [2.24, 2.45) is 5.10 Å². The van der Waals surface area contributed by atoms with Gasteiger partial charge in [-0.1, -0.05) is 66.2 Å². The molecule has 0 spiro atoms. The van der Waals surface area contributed by atoms with Gasteiger partial charge in [-0.15, -0.1) is 11.3 Å². The van der Waals surface area contributed by atoms with Gasteiger partial charge in [-0.05, 0) is 35.4 Å². The van der Waals surface area contributed by atoms with Crippen molar-refractivity contribution in [2.75, 3.05) is 0 Å². The van der Waals surface area contributed by atoms with Gasteiger partial charge < -0.3 is 0 Å². The van der Waals surface area contributed by atoms with E-state index in [1.165, 1.54) is 11.6 Å². The Labute approximate surface area is 207 Å². The summed E-state index contributed by atoms with van der Waals surface area (Å²) >= 11 is 1.01. The van der Waals surface area contributed by atoms with Gasteiger partial charge in [0.2, 0.25) is 5.13 Å². The van der Waals surface area contributed by atoms with Crippen molar-refractivity contribution in [3.63, 3.8) is 0 Å². The molecule has 0 unspecified atom stereocenters. The first-order chi connectivity index (χ1) is 17.3. The van der Waals surface area contributed by atoms with Gasteiger partial charge in [-0.3, -0.25) is 4.79 Å². The summed E-state index contributed by atoms with van der Waals surface area (Å²) in [4.78, 5) is 16.8. The molecular weight excluding hydrogens is 487 g/mol. The van der Waals surface area contributed by atoms with Crippen LogP contribution in [0.3, 0.4) is 0 Å². The van der Waals surface area contributed by atoms with Crippen molar-refractivity contribution in [3.8, 4) is 16.4 Å². The van der Waals surface area contributed by atoms with E-state index in [9.17, 15) is 18.0 Å². The van der Waals surface area contributed by atoms with Crippen LogP contribution in [0.5, 0.6) is 0 Å². The molecular formula is C26H18F3N5OS. The SMILES string of the molecule is Cc1cccc(/C=N\NC(=O)c2csc(-n3nc(C(F)(F)F)cc3-c3ccc4ccccc4c3)n2)c1. The standard InChI is InChI=1S/C26H18F3N5OS/c1-16-5-4-6-17(11-16)14-30-32-24(35)21-15-36-25(31-21)34-22(13-23(33-34)26(27,28)29)20-10-9-18-7-2-3-8-19(18)12-20/h2-15H,1H3,(H,32,35)/b30-14-. The van der Waals surface area contributed by atoms with Crippen LogP contribution in [0.15, 0.2) is 83.3 Å². The Morgan fingerprint density at radius 3 is 2.61 bits per heavy atom. The quantitative estimate of drug-likeness (QED) is 0.227. The van der Waals surface area contributed by atoms with Crippen molar-refractivity contribution in [1.82, 2.24) is 20.2 Å². The summed E-state index contributed by atoms with van der Waals surface area (Å²) in [6, 6.07) is 21.5. The zero-order chi connectivity index (χ0) is 25.3. The minimum atomic E-state index is -4.64. The van der Waals surface area contributed by atoms with Crippen LogP contribution in [0, 0.1) is 6.92 Å². The summed E-state index contributed by atoms with van der Waals surface area (Å²) in [5, 5.41) is 11.1. The Hall–Kier alpha value is -4.31. The van der Waals surface area contributed by atoms with Crippen LogP contribution in [-0.2, 0) is 6.18 Å². The van der Waals surface area contributed by atoms with E-state index >= 15 is 0 Å². The number of aromatic nitrogens is 3. The first-order valence-electron chi connectivity index (χ1n) is 10.8. The fourth-order valence-corrected chi connectivity index (χ4v) is 4.43. The third-order valence-corrected chi connectivity index (χ3v) is 6.19. The van der Waals surface area contributed by atoms with Crippen LogP contribution in [0.2, 0.25) is 0 Å². The normalized spacial score (nSPS) is 11.9. The van der Waals surface area contributed by atoms with Crippen LogP contribution in [-0.4, -0.2) is 26.9 Å². The highest BCUT2D eigenvalue weighted by atomic mass is 32.1. The number of hydrazone groups is 1. The number of nitrogens with one attached hydrogen (secondary N) is 1. The van der Waals surface area contributed by atoms with Crippen molar-refractivity contribution < 1.29 is 18.0 Å². The average Bonchev–Trinajstić information content (AvgIpc) is 3.51. The second-order valence-electron chi connectivity index (χ2n) is 8.01. The predicted octanol–water partition coefficient (Wildman–Crippen LogP) is 6.24. The van der Waals surface area contributed by atoms with Gasteiger partial charge in [0.05, 0.1) is 11.9 Å². The molecule has 10 heteroatoms. The number of nitrogens with zero attached hydrogens (tertiary/aromatic N) is 4. The molecule has 0 radical (unpaired) electrons. The molecule has 2 heterocycles. The van der Waals surface area contributed by atoms with E-state index in [-0.39, 0.29) is 16.5 Å². The number of rotatable bonds is 5. The summed E-state index contributed by atoms with van der Waals surface area (Å²) in [5.74, 6) is -0.586. The van der Waals surface area contributed by atoms with Crippen molar-refractivity contribution in [1.29, 1.82) is 0 Å². The molecule has 1 amide bonds. The summed E-state index contributed by atoms with van der Waals surface area (Å²) < 4.78 is 41.7. The molecule has 6 nitrogen and oxygen atoms in total. The third kappa shape index (κ3) is 4.89. The minimum Gasteiger partial charge on any atom is -0.266 e. The Kier molecular flexibility index (Phi) is 6.11. The molecule has 2 aromatic heterocycles. The van der Waals surface area contributed by atoms with E-state index in [1.54, 1.807) is 12.1 Å². The Bertz CT molecular complexity index is 1600. The fourth-order valence-electron chi connectivity index (χ4n) is 3.66. The average molecular weight is 506 g/mol. The molecule has 0 fully saturated rings. The molecule has 180 valence electrons. The molecule has 36 heavy (non-hydrogen) atoms. The van der Waals surface area contributed by atoms with Gasteiger partial charge in [0, 0.05) is 10.9 Å². The maximum Gasteiger partial charge on any atom is 0.435 e. The first-order valence-corrected chi connectivity index (χ1v) is 11.7. The smallest absolute Gasteiger partial charge is 0.266 e. The monoisotopic (exact) mass is 505 g/mol. The van der Waals surface area contributed by atoms with Crippen LogP contribution < -0.4 is 5.43 Å². The number of aryl methyl sites for hydroxylation is 1. The van der Waals surface area contributed by atoms with Crippen LogP contribution in [0.4, 0.5) is 13.2 Å². The molecule has 5 aromatic rings. The van der Waals surface area contributed by atoms with E-state index in [2.05, 4.69) is 20.6 Å². The number of alkyl halides is 3. The Balaban J connectivity index is 1.45. The number of carbonyl (C=O) groups is 1. The second-order valence-corrected chi connectivity index (χ2v) is 8.85. The molecule has 0 aliphatic heterocycles. The van der Waals surface area contributed by atoms with Crippen LogP contribution >= 0.6 is 11.3 Å². The molecule has 0 bridgehead atoms. The van der Waals surface area contributed by atoms with Crippen molar-refractivity contribution >= 4 is 34.2 Å². The van der Waals surface area contributed by atoms with E-state index in [0.717, 1.165) is 44.0 Å². The molecule has 1 N–H and O–H groups in total. The summed E-state index contributed by atoms with van der Waals surface area (Å²) in [6.45, 7) is 1.94. The lowest BCUT2D eigenvalue weighted by Crippen LogP contribution is -2.18. The molecule has 0 aliphatic carbocycles. The highest BCUT2D eigenvalue weighted by Gasteiger charge is 2.35. The van der Waals surface area contributed by atoms with Gasteiger partial charge >= 0.3 is 6.18 Å². The number of thiazole rings is 1. The number of fused-ring (bicyclic) bond motifs is 1. The highest BCUT2D eigenvalue weighted by Crippen LogP contribution is 2.34. The molecule has 5 rings (SSSR count). The third-order valence-electron chi connectivity index (χ3n) is 5.37. The van der Waals surface area contributed by atoms with Gasteiger partial charge in [-0.2, -0.15) is 23.4 Å². The van der Waals surface area contributed by atoms with Crippen LogP contribution in [0.25, 0.3) is 27.2 Å². The fraction of sp³-hybridized carbons (Fsp3) is 0.0769. The summed E-state index contributed by atoms with van der Waals surface area (Å²) in [5.41, 5.74) is 3.98. The maximum atomic E-state index is 13.5. The van der Waals surface area contributed by atoms with E-state index in [4.69, 9.17) is 0 Å². The van der Waals surface area contributed by atoms with Crippen molar-refractivity contribution in [2.45, 2.75) is 13.1 Å². The zero-order valence-corrected chi connectivity index (χ0v) is 19.6. The Morgan fingerprint density at radius 2 is 1.83 bits per heavy atom. The van der Waals surface area contributed by atoms with Gasteiger partial charge in [0.25, 0.3) is 5.91 Å². The molecule has 0 atom stereocenters. The Morgan fingerprint density at radius 1 is 1.03 bits per heavy atom. The lowest BCUT2D eigenvalue weighted by molar-refractivity contribution is -0.141. The largest absolute Gasteiger partial charge is 0.435 e. The summed E-state index contributed by atoms with van der Waals surface area (Å²) in [7, 11) is 0. The predicted molar refractivity (Wildman–Crippen MR) is 133 cm³/mol. The van der Waals surface area contributed by atoms with Crippen LogP contribution in [0.1, 0.15) is 27.3 Å². The number of hydrogen-bond acceptors (Lipinski definition) is 5. The number of hydrogen-bond donors (Lipinski definition) is 1. The highest BCUT2D eigenvalue weighted by molar-refractivity contribution is 7.12. The number of amides is 1. The lowest BCUT2D eigenvalue weighted by Gasteiger charge is -2.06. The summed E-state index contributed by atoms with van der Waals surface area (Å²) in [6.07, 6.45) is -3.14. The number of carbonyl (C=O) groups excluding carboxylic acids is 1. The molecule has 0 aliphatic rings. The topological polar surface area (TPSA) is 72.2 Å². The number of halogens is 3. The van der Waals surface area contributed by atoms with Gasteiger partial charge in [0.1, 0.15) is 5.69 Å².